The maximum atomic E-state index is 8.65. The van der Waals surface area contributed by atoms with Crippen LogP contribution in [0.3, 0.4) is 0 Å². The average molecular weight is 772 g/mol. The molecule has 0 aliphatic carbocycles. The zero-order valence-electron chi connectivity index (χ0n) is 44.0. The minimum Gasteiger partial charge on any atom is -0.489 e. The lowest BCUT2D eigenvalue weighted by Gasteiger charge is -2.23. The van der Waals surface area contributed by atoms with Crippen LogP contribution in [-0.2, 0) is 18.4 Å². The molecule has 0 amide bonds. The van der Waals surface area contributed by atoms with Crippen LogP contribution in [0.2, 0.25) is 0 Å². The topological polar surface area (TPSA) is 33.5 Å². The second-order valence-electron chi connectivity index (χ2n) is 15.9. The predicted molar refractivity (Wildman–Crippen MR) is 243 cm³/mol. The first-order chi connectivity index (χ1) is 32.7. The third-order valence-corrected chi connectivity index (χ3v) is 11.1. The van der Waals surface area contributed by atoms with E-state index in [-0.39, 0.29) is 40.7 Å². The molecule has 0 unspecified atom stereocenters. The third kappa shape index (κ3) is 7.22. The van der Waals surface area contributed by atoms with Gasteiger partial charge in [-0.05, 0) is 126 Å². The molecule has 0 radical (unpaired) electrons. The van der Waals surface area contributed by atoms with Crippen molar-refractivity contribution in [2.45, 2.75) is 65.8 Å². The fourth-order valence-electron chi connectivity index (χ4n) is 8.16. The number of nitrogens with zero attached hydrogens (tertiary/aromatic N) is 4. The monoisotopic (exact) mass is 771 g/mol. The Labute approximate surface area is 358 Å². The molecule has 5 heteroatoms. The molecule has 8 aromatic rings. The quantitative estimate of drug-likeness (QED) is 0.123. The van der Waals surface area contributed by atoms with Crippen molar-refractivity contribution >= 4 is 38.9 Å². The molecule has 0 saturated heterocycles. The highest BCUT2D eigenvalue weighted by molar-refractivity contribution is 6.09. The molecule has 290 valence electrons. The lowest BCUT2D eigenvalue weighted by Crippen LogP contribution is -2.29. The minimum absolute atomic E-state index is 0.0404. The number of pyridine rings is 1. The Morgan fingerprint density at radius 2 is 1.57 bits per heavy atom. The van der Waals surface area contributed by atoms with Crippen LogP contribution < -0.4 is 14.5 Å². The Morgan fingerprint density at radius 3 is 2.43 bits per heavy atom. The highest BCUT2D eigenvalue weighted by Gasteiger charge is 2.28. The van der Waals surface area contributed by atoms with E-state index in [1.165, 1.54) is 11.6 Å². The van der Waals surface area contributed by atoms with E-state index in [0.29, 0.717) is 43.1 Å². The molecule has 2 aromatic heterocycles. The van der Waals surface area contributed by atoms with Crippen LogP contribution in [0.4, 0.5) is 17.1 Å². The second kappa shape index (κ2) is 15.5. The SMILES string of the molecule is [2H]c1c([2H])c([2H])c(-c2cccc(C([2H])([2H])[2H])c2CCCCN2CN(c3cccc(COc4ccc5c6ccccc6n(-c6cc(C(C)(C)C)ccn6)c5c4)c3)c3cccc(C([2H])([2H])[2H])c32)c([2H])c1[2H]. The van der Waals surface area contributed by atoms with Crippen molar-refractivity contribution in [2.75, 3.05) is 23.0 Å². The van der Waals surface area contributed by atoms with E-state index in [4.69, 9.17) is 24.8 Å². The molecule has 1 aliphatic heterocycles. The zero-order chi connectivity index (χ0) is 49.2. The minimum atomic E-state index is -2.52. The van der Waals surface area contributed by atoms with Crippen molar-refractivity contribution < 1.29 is 19.8 Å². The third-order valence-electron chi connectivity index (χ3n) is 11.1. The van der Waals surface area contributed by atoms with Gasteiger partial charge in [-0.1, -0.05) is 112 Å². The summed E-state index contributed by atoms with van der Waals surface area (Å²) in [6.45, 7) is 2.74. The van der Waals surface area contributed by atoms with Gasteiger partial charge in [-0.2, -0.15) is 0 Å². The van der Waals surface area contributed by atoms with Gasteiger partial charge >= 0.3 is 0 Å². The van der Waals surface area contributed by atoms with Crippen LogP contribution in [0.1, 0.15) is 76.5 Å². The molecule has 0 spiro atoms. The van der Waals surface area contributed by atoms with Gasteiger partial charge in [-0.3, -0.25) is 4.57 Å². The summed E-state index contributed by atoms with van der Waals surface area (Å²) in [5, 5.41) is 2.21. The first kappa shape index (κ1) is 26.6. The van der Waals surface area contributed by atoms with E-state index >= 15 is 0 Å². The maximum Gasteiger partial charge on any atom is 0.137 e. The van der Waals surface area contributed by atoms with E-state index in [2.05, 4.69) is 72.7 Å². The number of aromatic nitrogens is 2. The van der Waals surface area contributed by atoms with Gasteiger partial charge < -0.3 is 14.5 Å². The van der Waals surface area contributed by atoms with E-state index in [1.807, 2.05) is 53.6 Å². The van der Waals surface area contributed by atoms with Gasteiger partial charge in [0.15, 0.2) is 0 Å². The van der Waals surface area contributed by atoms with Gasteiger partial charge in [0.1, 0.15) is 18.2 Å². The van der Waals surface area contributed by atoms with Crippen molar-refractivity contribution in [3.05, 3.63) is 179 Å². The van der Waals surface area contributed by atoms with Crippen molar-refractivity contribution in [2.24, 2.45) is 0 Å². The lowest BCUT2D eigenvalue weighted by molar-refractivity contribution is 0.306. The molecule has 0 atom stereocenters. The summed E-state index contributed by atoms with van der Waals surface area (Å²) in [6, 6.07) is 34.4. The van der Waals surface area contributed by atoms with E-state index in [1.54, 1.807) is 24.3 Å². The Kier molecular flexibility index (Phi) is 7.12. The largest absolute Gasteiger partial charge is 0.489 e. The smallest absolute Gasteiger partial charge is 0.137 e. The molecule has 5 nitrogen and oxygen atoms in total. The van der Waals surface area contributed by atoms with Crippen LogP contribution >= 0.6 is 0 Å². The zero-order valence-corrected chi connectivity index (χ0v) is 33.0. The fourth-order valence-corrected chi connectivity index (χ4v) is 8.16. The van der Waals surface area contributed by atoms with Gasteiger partial charge in [0.2, 0.25) is 0 Å². The Hall–Kier alpha value is -6.33. The van der Waals surface area contributed by atoms with E-state index in [9.17, 15) is 0 Å². The van der Waals surface area contributed by atoms with Gasteiger partial charge in [-0.15, -0.1) is 0 Å². The van der Waals surface area contributed by atoms with Crippen molar-refractivity contribution in [1.82, 2.24) is 9.55 Å². The molecule has 9 rings (SSSR count). The number of ether oxygens (including phenoxy) is 1. The molecule has 0 saturated carbocycles. The molecule has 58 heavy (non-hydrogen) atoms. The first-order valence-electron chi connectivity index (χ1n) is 25.3. The van der Waals surface area contributed by atoms with Gasteiger partial charge in [0.05, 0.1) is 35.9 Å². The number of hydrogen-bond donors (Lipinski definition) is 0. The highest BCUT2D eigenvalue weighted by Crippen LogP contribution is 2.43. The first-order valence-corrected chi connectivity index (χ1v) is 19.8. The summed E-state index contributed by atoms with van der Waals surface area (Å²) in [4.78, 5) is 8.96. The summed E-state index contributed by atoms with van der Waals surface area (Å²) in [5.41, 5.74) is 7.22. The van der Waals surface area contributed by atoms with Crippen molar-refractivity contribution in [3.63, 3.8) is 0 Å². The number of aryl methyl sites for hydroxylation is 2. The molecule has 6 aromatic carbocycles. The Morgan fingerprint density at radius 1 is 0.759 bits per heavy atom. The molecule has 3 heterocycles. The summed E-state index contributed by atoms with van der Waals surface area (Å²) in [5.74, 6) is 1.53. The van der Waals surface area contributed by atoms with E-state index < -0.39 is 43.9 Å². The van der Waals surface area contributed by atoms with Gasteiger partial charge in [0.25, 0.3) is 0 Å². The van der Waals surface area contributed by atoms with Crippen LogP contribution in [0.25, 0.3) is 38.8 Å². The number of hydrogen-bond acceptors (Lipinski definition) is 4. The van der Waals surface area contributed by atoms with Crippen LogP contribution in [0, 0.1) is 13.7 Å². The Balaban J connectivity index is 0.969. The fraction of sp³-hybridized carbons (Fsp3) is 0.226. The number of para-hydroxylation sites is 2. The number of rotatable bonds is 11. The van der Waals surface area contributed by atoms with Crippen LogP contribution in [-0.4, -0.2) is 22.8 Å². The normalized spacial score (nSPS) is 15.9. The maximum absolute atomic E-state index is 8.65. The molecule has 0 fully saturated rings. The number of unbranched alkanes of at least 4 members (excludes halogenated alkanes) is 1. The molecule has 0 bridgehead atoms. The summed E-state index contributed by atoms with van der Waals surface area (Å²) in [7, 11) is 0. The van der Waals surface area contributed by atoms with Crippen LogP contribution in [0.5, 0.6) is 5.75 Å². The molecule has 1 aliphatic rings. The lowest BCUT2D eigenvalue weighted by atomic mass is 9.88. The highest BCUT2D eigenvalue weighted by atomic mass is 16.5. The van der Waals surface area contributed by atoms with Crippen molar-refractivity contribution in [1.29, 1.82) is 0 Å². The molecular weight excluding hydrogens is 709 g/mol. The summed E-state index contributed by atoms with van der Waals surface area (Å²) >= 11 is 0. The number of anilines is 3. The number of fused-ring (bicyclic) bond motifs is 4. The van der Waals surface area contributed by atoms with Gasteiger partial charge in [-0.25, -0.2) is 4.98 Å². The number of benzene rings is 6. The predicted octanol–water partition coefficient (Wildman–Crippen LogP) is 13.3. The molecule has 0 N–H and O–H groups in total. The standard InChI is InChI=1S/C53H52N4O/c1-37-16-13-24-45(40-19-7-6-8-20-40)44(37)22-11-12-31-55-36-56(49-26-14-17-38(2)52(49)55)42-21-15-18-39(32-42)35-58-43-27-28-47-46-23-9-10-25-48(46)57(50(47)34-43)51-33-41(29-30-54-51)53(3,4)5/h6-10,13-21,23-30,32-34H,11-12,22,31,35-36H2,1-5H3/i1D3,2D3,6D,7D,8D,19D,20D. The average Bonchev–Trinajstić information content (AvgIpc) is 3.86. The molecular formula is C53H52N4O. The summed E-state index contributed by atoms with van der Waals surface area (Å²) < 4.78 is 101. The van der Waals surface area contributed by atoms with Crippen LogP contribution in [0.15, 0.2) is 152 Å². The van der Waals surface area contributed by atoms with E-state index in [0.717, 1.165) is 44.6 Å². The van der Waals surface area contributed by atoms with Gasteiger partial charge in [0, 0.05) is 43.5 Å². The second-order valence-corrected chi connectivity index (χ2v) is 15.9. The Bertz CT molecular complexity index is 3230. The van der Waals surface area contributed by atoms with Crippen molar-refractivity contribution in [3.8, 4) is 22.7 Å². The summed E-state index contributed by atoms with van der Waals surface area (Å²) in [6.07, 6.45) is 3.12.